The average Bonchev–Trinajstić information content (AvgIpc) is 3.24. The third-order valence-electron chi connectivity index (χ3n) is 6.04. The van der Waals surface area contributed by atoms with Crippen LogP contribution in [0, 0.1) is 12.7 Å². The molecule has 1 unspecified atom stereocenters. The first kappa shape index (κ1) is 20.7. The summed E-state index contributed by atoms with van der Waals surface area (Å²) in [6.07, 6.45) is 4.23. The maximum absolute atomic E-state index is 13.3. The molecule has 4 rings (SSSR count). The van der Waals surface area contributed by atoms with Gasteiger partial charge in [-0.1, -0.05) is 12.1 Å². The molecule has 1 aromatic heterocycles. The number of aromatic nitrogens is 2. The van der Waals surface area contributed by atoms with Gasteiger partial charge >= 0.3 is 0 Å². The smallest absolute Gasteiger partial charge is 0.225 e. The number of benzene rings is 1. The summed E-state index contributed by atoms with van der Waals surface area (Å²) in [7, 11) is 1.61. The minimum Gasteiger partial charge on any atom is -0.384 e. The summed E-state index contributed by atoms with van der Waals surface area (Å²) in [5.41, 5.74) is 3.23. The Balaban J connectivity index is 1.61. The van der Waals surface area contributed by atoms with Crippen molar-refractivity contribution in [1.29, 1.82) is 0 Å². The fourth-order valence-corrected chi connectivity index (χ4v) is 4.49. The van der Waals surface area contributed by atoms with Crippen LogP contribution in [-0.4, -0.2) is 47.6 Å². The number of carbonyl (C=O) groups is 1. The van der Waals surface area contributed by atoms with Crippen molar-refractivity contribution in [2.75, 3.05) is 31.7 Å². The molecule has 2 aromatic rings. The van der Waals surface area contributed by atoms with Gasteiger partial charge in [-0.2, -0.15) is 0 Å². The predicted molar refractivity (Wildman–Crippen MR) is 113 cm³/mol. The van der Waals surface area contributed by atoms with E-state index in [1.165, 1.54) is 17.7 Å². The van der Waals surface area contributed by atoms with E-state index in [1.54, 1.807) is 7.11 Å². The first-order valence-electron chi connectivity index (χ1n) is 10.7. The molecule has 6 nitrogen and oxygen atoms in total. The number of rotatable bonds is 6. The summed E-state index contributed by atoms with van der Waals surface area (Å²) in [6, 6.07) is 6.57. The molecule has 1 saturated heterocycles. The highest BCUT2D eigenvalue weighted by Gasteiger charge is 2.33. The number of fused-ring (bicyclic) bond motifs is 1. The zero-order valence-corrected chi connectivity index (χ0v) is 17.7. The summed E-state index contributed by atoms with van der Waals surface area (Å²) < 4.78 is 18.4. The van der Waals surface area contributed by atoms with E-state index < -0.39 is 0 Å². The summed E-state index contributed by atoms with van der Waals surface area (Å²) in [6.45, 7) is 4.80. The number of aryl methyl sites for hydroxylation is 1. The second kappa shape index (κ2) is 9.08. The first-order valence-corrected chi connectivity index (χ1v) is 10.7. The Morgan fingerprint density at radius 3 is 2.77 bits per heavy atom. The van der Waals surface area contributed by atoms with Crippen molar-refractivity contribution in [3.63, 3.8) is 0 Å². The van der Waals surface area contributed by atoms with Crippen LogP contribution in [0.2, 0.25) is 0 Å². The standard InChI is InChI=1S/C23H29FN4O2/c1-16-19-5-3-12-27(15-17-7-9-18(24)10-8-17)23(19)26-22(25-16)20-6-4-13-28(20)21(29)11-14-30-2/h7-10,20H,3-6,11-15H2,1-2H3. The van der Waals surface area contributed by atoms with Crippen molar-refractivity contribution in [3.8, 4) is 0 Å². The van der Waals surface area contributed by atoms with Gasteiger partial charge in [-0.15, -0.1) is 0 Å². The van der Waals surface area contributed by atoms with Crippen molar-refractivity contribution < 1.29 is 13.9 Å². The normalized spacial score (nSPS) is 18.6. The molecule has 0 radical (unpaired) electrons. The van der Waals surface area contributed by atoms with Gasteiger partial charge in [0.2, 0.25) is 5.91 Å². The fourth-order valence-electron chi connectivity index (χ4n) is 4.49. The Hall–Kier alpha value is -2.54. The number of amides is 1. The zero-order chi connectivity index (χ0) is 21.1. The van der Waals surface area contributed by atoms with Crippen LogP contribution in [0.3, 0.4) is 0 Å². The van der Waals surface area contributed by atoms with Crippen molar-refractivity contribution in [2.24, 2.45) is 0 Å². The molecule has 0 spiro atoms. The second-order valence-electron chi connectivity index (χ2n) is 8.11. The lowest BCUT2D eigenvalue weighted by Gasteiger charge is -2.32. The average molecular weight is 413 g/mol. The molecule has 2 aliphatic rings. The van der Waals surface area contributed by atoms with E-state index in [0.717, 1.165) is 61.7 Å². The van der Waals surface area contributed by atoms with Gasteiger partial charge in [0.1, 0.15) is 11.6 Å². The third-order valence-corrected chi connectivity index (χ3v) is 6.04. The Labute approximate surface area is 177 Å². The molecule has 0 N–H and O–H groups in total. The molecular formula is C23H29FN4O2. The van der Waals surface area contributed by atoms with E-state index >= 15 is 0 Å². The first-order chi connectivity index (χ1) is 14.6. The van der Waals surface area contributed by atoms with Crippen LogP contribution in [0.5, 0.6) is 0 Å². The number of anilines is 1. The zero-order valence-electron chi connectivity index (χ0n) is 17.7. The summed E-state index contributed by atoms with van der Waals surface area (Å²) in [5.74, 6) is 1.57. The van der Waals surface area contributed by atoms with Crippen LogP contribution in [-0.2, 0) is 22.5 Å². The molecule has 1 amide bonds. The van der Waals surface area contributed by atoms with Crippen molar-refractivity contribution in [2.45, 2.75) is 51.6 Å². The Kier molecular flexibility index (Phi) is 6.27. The Morgan fingerprint density at radius 1 is 1.20 bits per heavy atom. The second-order valence-corrected chi connectivity index (χ2v) is 8.11. The van der Waals surface area contributed by atoms with Gasteiger partial charge in [0.15, 0.2) is 5.82 Å². The van der Waals surface area contributed by atoms with Gasteiger partial charge in [0, 0.05) is 38.0 Å². The highest BCUT2D eigenvalue weighted by atomic mass is 19.1. The van der Waals surface area contributed by atoms with Gasteiger partial charge in [-0.3, -0.25) is 4.79 Å². The number of methoxy groups -OCH3 is 1. The van der Waals surface area contributed by atoms with Crippen LogP contribution in [0.1, 0.15) is 54.4 Å². The number of halogens is 1. The van der Waals surface area contributed by atoms with Crippen LogP contribution >= 0.6 is 0 Å². The van der Waals surface area contributed by atoms with Gasteiger partial charge in [0.25, 0.3) is 0 Å². The molecule has 0 saturated carbocycles. The summed E-state index contributed by atoms with van der Waals surface area (Å²) >= 11 is 0. The molecule has 0 bridgehead atoms. The number of ether oxygens (including phenoxy) is 1. The van der Waals surface area contributed by atoms with Crippen LogP contribution in [0.4, 0.5) is 10.2 Å². The topological polar surface area (TPSA) is 58.6 Å². The molecule has 1 fully saturated rings. The lowest BCUT2D eigenvalue weighted by atomic mass is 10.0. The van der Waals surface area contributed by atoms with Gasteiger partial charge < -0.3 is 14.5 Å². The van der Waals surface area contributed by atoms with E-state index in [1.807, 2.05) is 24.0 Å². The van der Waals surface area contributed by atoms with Crippen molar-refractivity contribution in [3.05, 3.63) is 52.7 Å². The van der Waals surface area contributed by atoms with E-state index in [0.29, 0.717) is 19.6 Å². The summed E-state index contributed by atoms with van der Waals surface area (Å²) in [4.78, 5) is 26.6. The van der Waals surface area contributed by atoms with E-state index in [2.05, 4.69) is 4.90 Å². The number of carbonyl (C=O) groups excluding carboxylic acids is 1. The van der Waals surface area contributed by atoms with Gasteiger partial charge in [-0.25, -0.2) is 14.4 Å². The van der Waals surface area contributed by atoms with Crippen LogP contribution in [0.25, 0.3) is 0 Å². The third kappa shape index (κ3) is 4.31. The maximum Gasteiger partial charge on any atom is 0.225 e. The lowest BCUT2D eigenvalue weighted by molar-refractivity contribution is -0.133. The van der Waals surface area contributed by atoms with Crippen molar-refractivity contribution >= 4 is 11.7 Å². The molecule has 0 aliphatic carbocycles. The predicted octanol–water partition coefficient (Wildman–Crippen LogP) is 3.58. The van der Waals surface area contributed by atoms with Crippen LogP contribution in [0.15, 0.2) is 24.3 Å². The number of hydrogen-bond donors (Lipinski definition) is 0. The molecule has 3 heterocycles. The van der Waals surface area contributed by atoms with Gasteiger partial charge in [-0.05, 0) is 50.3 Å². The summed E-state index contributed by atoms with van der Waals surface area (Å²) in [5, 5.41) is 0. The molecule has 1 atom stereocenters. The van der Waals surface area contributed by atoms with Crippen molar-refractivity contribution in [1.82, 2.24) is 14.9 Å². The minimum absolute atomic E-state index is 0.0760. The number of nitrogens with zero attached hydrogens (tertiary/aromatic N) is 4. The molecular weight excluding hydrogens is 383 g/mol. The van der Waals surface area contributed by atoms with E-state index in [9.17, 15) is 9.18 Å². The maximum atomic E-state index is 13.3. The lowest BCUT2D eigenvalue weighted by Crippen LogP contribution is -2.34. The monoisotopic (exact) mass is 412 g/mol. The fraction of sp³-hybridized carbons (Fsp3) is 0.522. The Morgan fingerprint density at radius 2 is 2.00 bits per heavy atom. The number of hydrogen-bond acceptors (Lipinski definition) is 5. The molecule has 7 heteroatoms. The number of likely N-dealkylation sites (tertiary alicyclic amines) is 1. The minimum atomic E-state index is -0.224. The Bertz CT molecular complexity index is 903. The van der Waals surface area contributed by atoms with Crippen LogP contribution < -0.4 is 4.90 Å². The SMILES string of the molecule is COCCC(=O)N1CCCC1c1nc(C)c2c(n1)N(Cc1ccc(F)cc1)CCC2. The molecule has 1 aromatic carbocycles. The van der Waals surface area contributed by atoms with E-state index in [-0.39, 0.29) is 17.8 Å². The quantitative estimate of drug-likeness (QED) is 0.726. The van der Waals surface area contributed by atoms with E-state index in [4.69, 9.17) is 14.7 Å². The largest absolute Gasteiger partial charge is 0.384 e. The van der Waals surface area contributed by atoms with Gasteiger partial charge in [0.05, 0.1) is 19.1 Å². The molecule has 2 aliphatic heterocycles. The highest BCUT2D eigenvalue weighted by molar-refractivity contribution is 5.77. The molecule has 30 heavy (non-hydrogen) atoms. The highest BCUT2D eigenvalue weighted by Crippen LogP contribution is 2.35. The molecule has 160 valence electrons.